The monoisotopic (exact) mass is 144 g/mol. The van der Waals surface area contributed by atoms with E-state index in [2.05, 4.69) is 41.5 Å². The Morgan fingerprint density at radius 1 is 0.800 bits per heavy atom. The average molecular weight is 144 g/mol. The van der Waals surface area contributed by atoms with Gasteiger partial charge in [0.2, 0.25) is 0 Å². The predicted molar refractivity (Wildman–Crippen MR) is 50.3 cm³/mol. The van der Waals surface area contributed by atoms with E-state index in [4.69, 9.17) is 0 Å². The topological polar surface area (TPSA) is 0 Å². The van der Waals surface area contributed by atoms with Crippen molar-refractivity contribution >= 4 is 0 Å². The van der Waals surface area contributed by atoms with E-state index in [-0.39, 0.29) is 0 Å². The van der Waals surface area contributed by atoms with Crippen LogP contribution in [0.2, 0.25) is 0 Å². The van der Waals surface area contributed by atoms with Gasteiger partial charge in [-0.3, -0.25) is 0 Å². The van der Waals surface area contributed by atoms with Crippen LogP contribution in [0.15, 0.2) is 0 Å². The molecule has 0 radical (unpaired) electrons. The van der Waals surface area contributed by atoms with Crippen molar-refractivity contribution in [3.8, 4) is 0 Å². The van der Waals surface area contributed by atoms with Gasteiger partial charge in [0.25, 0.3) is 0 Å². The van der Waals surface area contributed by atoms with Crippen molar-refractivity contribution in [2.24, 2.45) is 5.41 Å². The summed E-state index contributed by atoms with van der Waals surface area (Å²) in [6, 6.07) is 0. The van der Waals surface area contributed by atoms with E-state index in [0.29, 0.717) is 5.41 Å². The molecule has 0 saturated carbocycles. The molecule has 0 aromatic heterocycles. The van der Waals surface area contributed by atoms with E-state index in [1.165, 1.54) is 19.3 Å². The molecule has 0 heterocycles. The van der Waals surface area contributed by atoms with Gasteiger partial charge in [-0.15, -0.1) is 0 Å². The van der Waals surface area contributed by atoms with Crippen molar-refractivity contribution in [2.75, 3.05) is 0 Å². The van der Waals surface area contributed by atoms with Gasteiger partial charge in [0.1, 0.15) is 0 Å². The molecule has 0 aliphatic rings. The van der Waals surface area contributed by atoms with Crippen LogP contribution in [0.1, 0.15) is 60.8 Å². The zero-order valence-corrected chi connectivity index (χ0v) is 8.62. The van der Waals surface area contributed by atoms with Crippen molar-refractivity contribution < 1.29 is 0 Å². The van der Waals surface area contributed by atoms with Crippen LogP contribution in [-0.4, -0.2) is 0 Å². The maximum absolute atomic E-state index is 2.21. The first-order chi connectivity index (χ1) is 4.41. The molecule has 0 N–H and O–H groups in total. The Morgan fingerprint density at radius 3 is 1.00 bits per heavy atom. The second-order valence-electron chi connectivity index (χ2n) is 4.35. The highest BCUT2D eigenvalue weighted by atomic mass is 14.0. The standard InChI is InChI=1S/2C5H12/c1-5(2,3)4;1-3-5-4-2/h1-4H3;3-5H2,1-2H3. The average Bonchev–Trinajstić information content (AvgIpc) is 1.63. The lowest BCUT2D eigenvalue weighted by molar-refractivity contribution is 0.469. The second kappa shape index (κ2) is 7.11. The summed E-state index contributed by atoms with van der Waals surface area (Å²) in [5.41, 5.74) is 0.500. The van der Waals surface area contributed by atoms with E-state index in [9.17, 15) is 0 Å². The molecule has 0 aliphatic carbocycles. The first kappa shape index (κ1) is 12.7. The molecule has 0 heteroatoms. The Balaban J connectivity index is 0. The molecule has 0 amide bonds. The summed E-state index contributed by atoms with van der Waals surface area (Å²) < 4.78 is 0. The van der Waals surface area contributed by atoms with Gasteiger partial charge >= 0.3 is 0 Å². The van der Waals surface area contributed by atoms with Crippen LogP contribution >= 0.6 is 0 Å². The van der Waals surface area contributed by atoms with Crippen LogP contribution in [0.25, 0.3) is 0 Å². The SMILES string of the molecule is CC(C)(C)C.CCCCC. The van der Waals surface area contributed by atoms with Crippen molar-refractivity contribution in [3.63, 3.8) is 0 Å². The Morgan fingerprint density at radius 2 is 1.00 bits per heavy atom. The van der Waals surface area contributed by atoms with Crippen LogP contribution in [0.4, 0.5) is 0 Å². The molecule has 0 fully saturated rings. The molecular weight excluding hydrogens is 120 g/mol. The van der Waals surface area contributed by atoms with Crippen molar-refractivity contribution in [3.05, 3.63) is 0 Å². The van der Waals surface area contributed by atoms with Crippen LogP contribution in [0.3, 0.4) is 0 Å². The van der Waals surface area contributed by atoms with Gasteiger partial charge in [-0.1, -0.05) is 60.8 Å². The zero-order chi connectivity index (χ0) is 8.62. The van der Waals surface area contributed by atoms with E-state index < -0.39 is 0 Å². The van der Waals surface area contributed by atoms with Gasteiger partial charge in [-0.25, -0.2) is 0 Å². The fraction of sp³-hybridized carbons (Fsp3) is 1.00. The third-order valence-corrected chi connectivity index (χ3v) is 0.707. The minimum Gasteiger partial charge on any atom is -0.0654 e. The summed E-state index contributed by atoms with van der Waals surface area (Å²) in [6.45, 7) is 13.2. The minimum absolute atomic E-state index is 0.500. The molecule has 0 atom stereocenters. The van der Waals surface area contributed by atoms with Gasteiger partial charge in [0.05, 0.1) is 0 Å². The maximum Gasteiger partial charge on any atom is -0.0411 e. The fourth-order valence-corrected chi connectivity index (χ4v) is 0.354. The zero-order valence-electron chi connectivity index (χ0n) is 8.62. The summed E-state index contributed by atoms with van der Waals surface area (Å²) in [6.07, 6.45) is 4.08. The van der Waals surface area contributed by atoms with Crippen molar-refractivity contribution in [1.82, 2.24) is 0 Å². The van der Waals surface area contributed by atoms with Gasteiger partial charge in [0.15, 0.2) is 0 Å². The highest BCUT2D eigenvalue weighted by Gasteiger charge is 1.95. The first-order valence-electron chi connectivity index (χ1n) is 4.41. The van der Waals surface area contributed by atoms with Crippen LogP contribution in [0, 0.1) is 5.41 Å². The highest BCUT2D eigenvalue weighted by Crippen LogP contribution is 2.08. The molecular formula is C10H24. The molecule has 0 aromatic carbocycles. The molecule has 0 rings (SSSR count). The lowest BCUT2D eigenvalue weighted by Gasteiger charge is -2.05. The third kappa shape index (κ3) is 98.0. The van der Waals surface area contributed by atoms with Gasteiger partial charge in [-0.2, -0.15) is 0 Å². The largest absolute Gasteiger partial charge is 0.0654 e. The molecule has 0 nitrogen and oxygen atoms in total. The summed E-state index contributed by atoms with van der Waals surface area (Å²) >= 11 is 0. The normalized spacial score (nSPS) is 10.2. The first-order valence-corrected chi connectivity index (χ1v) is 4.41. The molecule has 0 bridgehead atoms. The van der Waals surface area contributed by atoms with Crippen molar-refractivity contribution in [1.29, 1.82) is 0 Å². The number of rotatable bonds is 2. The lowest BCUT2D eigenvalue weighted by Crippen LogP contribution is -1.93. The molecule has 0 aliphatic heterocycles. The van der Waals surface area contributed by atoms with E-state index >= 15 is 0 Å². The number of hydrogen-bond donors (Lipinski definition) is 0. The Hall–Kier alpha value is 0. The lowest BCUT2D eigenvalue weighted by atomic mass is 10.0. The molecule has 64 valence electrons. The highest BCUT2D eigenvalue weighted by molar-refractivity contribution is 4.47. The van der Waals surface area contributed by atoms with E-state index in [1.54, 1.807) is 0 Å². The Bertz CT molecular complexity index is 39.5. The van der Waals surface area contributed by atoms with Crippen molar-refractivity contribution in [2.45, 2.75) is 60.8 Å². The number of hydrogen-bond acceptors (Lipinski definition) is 0. The summed E-state index contributed by atoms with van der Waals surface area (Å²) in [5.74, 6) is 0. The minimum atomic E-state index is 0.500. The molecule has 0 aromatic rings. The molecule has 0 unspecified atom stereocenters. The van der Waals surface area contributed by atoms with Gasteiger partial charge in [0, 0.05) is 0 Å². The van der Waals surface area contributed by atoms with Crippen LogP contribution < -0.4 is 0 Å². The maximum atomic E-state index is 2.21. The molecule has 0 spiro atoms. The van der Waals surface area contributed by atoms with E-state index in [0.717, 1.165) is 0 Å². The summed E-state index contributed by atoms with van der Waals surface area (Å²) in [7, 11) is 0. The van der Waals surface area contributed by atoms with Gasteiger partial charge < -0.3 is 0 Å². The predicted octanol–water partition coefficient (Wildman–Crippen LogP) is 4.25. The fourth-order valence-electron chi connectivity index (χ4n) is 0.354. The van der Waals surface area contributed by atoms with Gasteiger partial charge in [-0.05, 0) is 5.41 Å². The number of unbranched alkanes of at least 4 members (excludes halogenated alkanes) is 2. The summed E-state index contributed by atoms with van der Waals surface area (Å²) in [4.78, 5) is 0. The third-order valence-electron chi connectivity index (χ3n) is 0.707. The van der Waals surface area contributed by atoms with Crippen LogP contribution in [-0.2, 0) is 0 Å². The summed E-state index contributed by atoms with van der Waals surface area (Å²) in [5, 5.41) is 0. The second-order valence-corrected chi connectivity index (χ2v) is 4.35. The Labute approximate surface area is 67.0 Å². The van der Waals surface area contributed by atoms with E-state index in [1.807, 2.05) is 0 Å². The quantitative estimate of drug-likeness (QED) is 0.543. The molecule has 0 saturated heterocycles. The van der Waals surface area contributed by atoms with Crippen LogP contribution in [0.5, 0.6) is 0 Å². The molecule has 10 heavy (non-hydrogen) atoms. The smallest absolute Gasteiger partial charge is 0.0411 e. The Kier molecular flexibility index (Phi) is 9.00.